The van der Waals surface area contributed by atoms with Gasteiger partial charge in [-0.3, -0.25) is 0 Å². The maximum absolute atomic E-state index is 12.8. The average molecular weight is 398 g/mol. The molecule has 0 saturated carbocycles. The van der Waals surface area contributed by atoms with Crippen LogP contribution in [-0.2, 0) is 6.54 Å². The molecule has 5 rings (SSSR count). The third-order valence-corrected chi connectivity index (χ3v) is 6.19. The molecule has 0 aliphatic carbocycles. The zero-order valence-corrected chi connectivity index (χ0v) is 16.2. The van der Waals surface area contributed by atoms with Gasteiger partial charge in [0.1, 0.15) is 17.9 Å². The molecule has 1 aromatic carbocycles. The number of rotatable bonds is 4. The van der Waals surface area contributed by atoms with Gasteiger partial charge < -0.3 is 9.80 Å². The van der Waals surface area contributed by atoms with Crippen LogP contribution in [0.3, 0.4) is 0 Å². The maximum Gasteiger partial charge on any atom is 0.258 e. The van der Waals surface area contributed by atoms with Gasteiger partial charge in [-0.2, -0.15) is 5.10 Å². The summed E-state index contributed by atoms with van der Waals surface area (Å²) in [7, 11) is 0. The van der Waals surface area contributed by atoms with Crippen LogP contribution in [0.4, 0.5) is 20.3 Å². The Bertz CT molecular complexity index is 991. The Balaban J connectivity index is 1.36. The number of fused-ring (bicyclic) bond motifs is 1. The van der Waals surface area contributed by atoms with Crippen LogP contribution in [0.25, 0.3) is 11.2 Å². The van der Waals surface area contributed by atoms with Gasteiger partial charge in [0.25, 0.3) is 6.43 Å². The Kier molecular flexibility index (Phi) is 4.56. The number of alkyl halides is 2. The van der Waals surface area contributed by atoms with Crippen molar-refractivity contribution in [2.24, 2.45) is 5.41 Å². The molecule has 0 radical (unpaired) electrons. The summed E-state index contributed by atoms with van der Waals surface area (Å²) in [4.78, 5) is 13.8. The van der Waals surface area contributed by atoms with Crippen molar-refractivity contribution < 1.29 is 8.78 Å². The van der Waals surface area contributed by atoms with Crippen molar-refractivity contribution in [3.8, 4) is 0 Å². The fourth-order valence-electron chi connectivity index (χ4n) is 4.79. The summed E-state index contributed by atoms with van der Waals surface area (Å²) in [6.45, 7) is 3.49. The van der Waals surface area contributed by atoms with Crippen LogP contribution in [-0.4, -0.2) is 52.4 Å². The molecule has 0 bridgehead atoms. The van der Waals surface area contributed by atoms with E-state index < -0.39 is 13.0 Å². The third kappa shape index (κ3) is 3.52. The molecule has 0 N–H and O–H groups in total. The zero-order chi connectivity index (χ0) is 19.8. The van der Waals surface area contributed by atoms with Crippen LogP contribution in [0.1, 0.15) is 19.3 Å². The SMILES string of the molecule is FC(F)Cn1ncc2ncc(N3CCC4(CCCN(c5ccccc5)C4)C3)nc21. The number of nitrogens with zero attached hydrogens (tertiary/aromatic N) is 6. The number of para-hydroxylation sites is 1. The van der Waals surface area contributed by atoms with Crippen LogP contribution in [0.15, 0.2) is 42.7 Å². The van der Waals surface area contributed by atoms with Gasteiger partial charge >= 0.3 is 0 Å². The highest BCUT2D eigenvalue weighted by Crippen LogP contribution is 2.41. The Morgan fingerprint density at radius 1 is 1.00 bits per heavy atom. The molecule has 1 atom stereocenters. The van der Waals surface area contributed by atoms with Crippen molar-refractivity contribution in [2.45, 2.75) is 32.2 Å². The van der Waals surface area contributed by atoms with Crippen LogP contribution < -0.4 is 9.80 Å². The van der Waals surface area contributed by atoms with Gasteiger partial charge in [-0.25, -0.2) is 23.4 Å². The molecule has 2 fully saturated rings. The lowest BCUT2D eigenvalue weighted by Crippen LogP contribution is -2.45. The van der Waals surface area contributed by atoms with E-state index in [-0.39, 0.29) is 5.41 Å². The van der Waals surface area contributed by atoms with Crippen molar-refractivity contribution in [3.63, 3.8) is 0 Å². The predicted octanol–water partition coefficient (Wildman–Crippen LogP) is 3.59. The standard InChI is InChI=1S/C21H24F2N6/c22-18(23)13-29-20-17(11-25-29)24-12-19(26-20)28-10-8-21(15-28)7-4-9-27(14-21)16-5-2-1-3-6-16/h1-3,5-6,11-12,18H,4,7-10,13-15H2. The number of anilines is 2. The second-order valence-corrected chi connectivity index (χ2v) is 8.19. The van der Waals surface area contributed by atoms with Crippen molar-refractivity contribution in [3.05, 3.63) is 42.7 Å². The molecule has 4 heterocycles. The Morgan fingerprint density at radius 3 is 2.66 bits per heavy atom. The van der Waals surface area contributed by atoms with E-state index in [1.165, 1.54) is 29.4 Å². The van der Waals surface area contributed by atoms with Gasteiger partial charge in [-0.15, -0.1) is 0 Å². The number of halogens is 2. The lowest BCUT2D eigenvalue weighted by atomic mass is 9.79. The molecule has 8 heteroatoms. The summed E-state index contributed by atoms with van der Waals surface area (Å²) >= 11 is 0. The molecule has 2 aliphatic heterocycles. The van der Waals surface area contributed by atoms with Gasteiger partial charge in [-0.05, 0) is 31.4 Å². The summed E-state index contributed by atoms with van der Waals surface area (Å²) in [6, 6.07) is 10.6. The minimum Gasteiger partial charge on any atom is -0.371 e. The topological polar surface area (TPSA) is 50.1 Å². The molecular weight excluding hydrogens is 374 g/mol. The van der Waals surface area contributed by atoms with Crippen LogP contribution in [0.2, 0.25) is 0 Å². The minimum absolute atomic E-state index is 0.230. The summed E-state index contributed by atoms with van der Waals surface area (Å²) in [5, 5.41) is 4.02. The molecule has 1 spiro atoms. The number of piperidine rings is 1. The molecule has 0 amide bonds. The number of benzene rings is 1. The van der Waals surface area contributed by atoms with E-state index in [4.69, 9.17) is 0 Å². The van der Waals surface area contributed by atoms with Crippen LogP contribution in [0, 0.1) is 5.41 Å². The molecule has 6 nitrogen and oxygen atoms in total. The monoisotopic (exact) mass is 398 g/mol. The lowest BCUT2D eigenvalue weighted by Gasteiger charge is -2.41. The van der Waals surface area contributed by atoms with Gasteiger partial charge in [0.2, 0.25) is 0 Å². The Hall–Kier alpha value is -2.77. The zero-order valence-electron chi connectivity index (χ0n) is 16.2. The summed E-state index contributed by atoms with van der Waals surface area (Å²) < 4.78 is 26.9. The fourth-order valence-corrected chi connectivity index (χ4v) is 4.79. The highest BCUT2D eigenvalue weighted by atomic mass is 19.3. The third-order valence-electron chi connectivity index (χ3n) is 6.19. The van der Waals surface area contributed by atoms with E-state index in [2.05, 4.69) is 49.1 Å². The highest BCUT2D eigenvalue weighted by molar-refractivity contribution is 5.71. The van der Waals surface area contributed by atoms with Gasteiger partial charge in [0.05, 0.1) is 12.4 Å². The number of aromatic nitrogens is 4. The van der Waals surface area contributed by atoms with E-state index >= 15 is 0 Å². The van der Waals surface area contributed by atoms with Crippen molar-refractivity contribution in [1.29, 1.82) is 0 Å². The molecule has 152 valence electrons. The molecule has 2 saturated heterocycles. The summed E-state index contributed by atoms with van der Waals surface area (Å²) in [6.07, 6.45) is 4.25. The summed E-state index contributed by atoms with van der Waals surface area (Å²) in [5.74, 6) is 0.752. The van der Waals surface area contributed by atoms with Crippen molar-refractivity contribution in [2.75, 3.05) is 36.0 Å². The lowest BCUT2D eigenvalue weighted by molar-refractivity contribution is 0.123. The molecule has 2 aliphatic rings. The van der Waals surface area contributed by atoms with E-state index in [1.807, 2.05) is 6.07 Å². The van der Waals surface area contributed by atoms with Crippen molar-refractivity contribution in [1.82, 2.24) is 19.7 Å². The quantitative estimate of drug-likeness (QED) is 0.672. The molecular formula is C21H24F2N6. The molecule has 3 aromatic rings. The van der Waals surface area contributed by atoms with E-state index in [1.54, 1.807) is 6.20 Å². The Morgan fingerprint density at radius 2 is 1.83 bits per heavy atom. The number of hydrogen-bond donors (Lipinski definition) is 0. The fraction of sp³-hybridized carbons (Fsp3) is 0.476. The molecule has 2 aromatic heterocycles. The smallest absolute Gasteiger partial charge is 0.258 e. The van der Waals surface area contributed by atoms with Crippen LogP contribution >= 0.6 is 0 Å². The normalized spacial score (nSPS) is 22.3. The first-order valence-corrected chi connectivity index (χ1v) is 10.1. The van der Waals surface area contributed by atoms with Gasteiger partial charge in [-0.1, -0.05) is 18.2 Å². The second-order valence-electron chi connectivity index (χ2n) is 8.19. The number of hydrogen-bond acceptors (Lipinski definition) is 5. The summed E-state index contributed by atoms with van der Waals surface area (Å²) in [5.41, 5.74) is 2.49. The first-order chi connectivity index (χ1) is 14.1. The average Bonchev–Trinajstić information content (AvgIpc) is 3.32. The van der Waals surface area contributed by atoms with Crippen molar-refractivity contribution >= 4 is 22.7 Å². The Labute approximate surface area is 168 Å². The first-order valence-electron chi connectivity index (χ1n) is 10.1. The molecule has 1 unspecified atom stereocenters. The van der Waals surface area contributed by atoms with Gasteiger partial charge in [0.15, 0.2) is 5.65 Å². The highest BCUT2D eigenvalue weighted by Gasteiger charge is 2.42. The second kappa shape index (κ2) is 7.24. The predicted molar refractivity (Wildman–Crippen MR) is 108 cm³/mol. The first kappa shape index (κ1) is 18.3. The molecule has 29 heavy (non-hydrogen) atoms. The van der Waals surface area contributed by atoms with E-state index in [9.17, 15) is 8.78 Å². The van der Waals surface area contributed by atoms with E-state index in [0.717, 1.165) is 38.4 Å². The largest absolute Gasteiger partial charge is 0.371 e. The van der Waals surface area contributed by atoms with E-state index in [0.29, 0.717) is 11.2 Å². The van der Waals surface area contributed by atoms with Crippen LogP contribution in [0.5, 0.6) is 0 Å². The minimum atomic E-state index is -2.47. The maximum atomic E-state index is 12.8. The van der Waals surface area contributed by atoms with Gasteiger partial charge in [0, 0.05) is 37.3 Å².